The summed E-state index contributed by atoms with van der Waals surface area (Å²) in [5.74, 6) is -0.180. The van der Waals surface area contributed by atoms with Crippen molar-refractivity contribution in [2.75, 3.05) is 25.5 Å². The first-order chi connectivity index (χ1) is 12.7. The lowest BCUT2D eigenvalue weighted by Gasteiger charge is -2.30. The number of hydrogen-bond acceptors (Lipinski definition) is 4. The molecule has 1 aliphatic rings. The van der Waals surface area contributed by atoms with Crippen LogP contribution in [0.5, 0.6) is 0 Å². The molecule has 2 aromatic rings. The lowest BCUT2D eigenvalue weighted by Crippen LogP contribution is -2.36. The van der Waals surface area contributed by atoms with E-state index in [1.54, 1.807) is 0 Å². The minimum absolute atomic E-state index is 0.0281. The monoisotopic (exact) mass is 352 g/mol. The topological polar surface area (TPSA) is 58.6 Å². The Balaban J connectivity index is 1.52. The number of anilines is 1. The van der Waals surface area contributed by atoms with Gasteiger partial charge < -0.3 is 10.1 Å². The Morgan fingerprint density at radius 1 is 1.04 bits per heavy atom. The van der Waals surface area contributed by atoms with Crippen LogP contribution in [0.15, 0.2) is 54.6 Å². The Hall–Kier alpha value is -2.66. The Kier molecular flexibility index (Phi) is 6.02. The van der Waals surface area contributed by atoms with Crippen LogP contribution in [0, 0.1) is 5.92 Å². The number of methoxy groups -OCH3 is 1. The molecule has 1 N–H and O–H groups in total. The highest BCUT2D eigenvalue weighted by Gasteiger charge is 2.25. The Morgan fingerprint density at radius 3 is 2.31 bits per heavy atom. The summed E-state index contributed by atoms with van der Waals surface area (Å²) in [5, 5.41) is 2.89. The van der Waals surface area contributed by atoms with E-state index in [9.17, 15) is 9.59 Å². The van der Waals surface area contributed by atoms with Crippen LogP contribution in [-0.2, 0) is 16.1 Å². The second kappa shape index (κ2) is 8.63. The highest BCUT2D eigenvalue weighted by atomic mass is 16.5. The third-order valence-electron chi connectivity index (χ3n) is 4.78. The molecule has 5 heteroatoms. The number of nitrogens with one attached hydrogen (secondary N) is 1. The molecule has 0 radical (unpaired) electrons. The van der Waals surface area contributed by atoms with Crippen molar-refractivity contribution in [3.05, 3.63) is 65.7 Å². The number of amides is 1. The Morgan fingerprint density at radius 2 is 1.69 bits per heavy atom. The molecule has 26 heavy (non-hydrogen) atoms. The minimum atomic E-state index is -0.110. The van der Waals surface area contributed by atoms with Crippen LogP contribution in [-0.4, -0.2) is 37.0 Å². The lowest BCUT2D eigenvalue weighted by molar-refractivity contribution is -0.147. The average Bonchev–Trinajstić information content (AvgIpc) is 2.69. The summed E-state index contributed by atoms with van der Waals surface area (Å²) >= 11 is 0. The molecule has 136 valence electrons. The number of para-hydroxylation sites is 1. The minimum Gasteiger partial charge on any atom is -0.469 e. The van der Waals surface area contributed by atoms with Gasteiger partial charge in [0.05, 0.1) is 13.0 Å². The molecule has 0 spiro atoms. The fourth-order valence-electron chi connectivity index (χ4n) is 3.24. The molecule has 1 heterocycles. The summed E-state index contributed by atoms with van der Waals surface area (Å²) < 4.78 is 4.83. The molecular weight excluding hydrogens is 328 g/mol. The van der Waals surface area contributed by atoms with E-state index in [1.807, 2.05) is 54.6 Å². The van der Waals surface area contributed by atoms with Gasteiger partial charge in [-0.05, 0) is 55.8 Å². The number of ether oxygens (including phenoxy) is 1. The SMILES string of the molecule is COC(=O)C1CCN(Cc2ccc(C(=O)Nc3ccccc3)cc2)CC1. The zero-order valence-electron chi connectivity index (χ0n) is 15.0. The van der Waals surface area contributed by atoms with Crippen molar-refractivity contribution in [1.82, 2.24) is 4.90 Å². The Bertz CT molecular complexity index is 736. The van der Waals surface area contributed by atoms with E-state index in [1.165, 1.54) is 7.11 Å². The molecule has 1 fully saturated rings. The molecule has 0 atom stereocenters. The third-order valence-corrected chi connectivity index (χ3v) is 4.78. The highest BCUT2D eigenvalue weighted by molar-refractivity contribution is 6.04. The first kappa shape index (κ1) is 18.1. The smallest absolute Gasteiger partial charge is 0.308 e. The highest BCUT2D eigenvalue weighted by Crippen LogP contribution is 2.20. The van der Waals surface area contributed by atoms with Crippen molar-refractivity contribution in [1.29, 1.82) is 0 Å². The fraction of sp³-hybridized carbons (Fsp3) is 0.333. The molecule has 3 rings (SSSR count). The molecule has 1 saturated heterocycles. The van der Waals surface area contributed by atoms with Gasteiger partial charge in [-0.3, -0.25) is 14.5 Å². The van der Waals surface area contributed by atoms with E-state index >= 15 is 0 Å². The van der Waals surface area contributed by atoms with Crippen molar-refractivity contribution < 1.29 is 14.3 Å². The summed E-state index contributed by atoms with van der Waals surface area (Å²) in [6.07, 6.45) is 1.68. The number of likely N-dealkylation sites (tertiary alicyclic amines) is 1. The summed E-state index contributed by atoms with van der Waals surface area (Å²) in [6, 6.07) is 17.1. The predicted molar refractivity (Wildman–Crippen MR) is 101 cm³/mol. The largest absolute Gasteiger partial charge is 0.469 e. The number of carbonyl (C=O) groups excluding carboxylic acids is 2. The normalized spacial score (nSPS) is 15.4. The number of rotatable bonds is 5. The molecule has 5 nitrogen and oxygen atoms in total. The first-order valence-electron chi connectivity index (χ1n) is 8.91. The van der Waals surface area contributed by atoms with Gasteiger partial charge in [0.2, 0.25) is 0 Å². The quantitative estimate of drug-likeness (QED) is 0.839. The maximum atomic E-state index is 12.3. The van der Waals surface area contributed by atoms with Gasteiger partial charge in [-0.2, -0.15) is 0 Å². The van der Waals surface area contributed by atoms with E-state index in [0.29, 0.717) is 5.56 Å². The van der Waals surface area contributed by atoms with E-state index < -0.39 is 0 Å². The van der Waals surface area contributed by atoms with E-state index in [0.717, 1.165) is 43.7 Å². The van der Waals surface area contributed by atoms with E-state index in [2.05, 4.69) is 10.2 Å². The van der Waals surface area contributed by atoms with Gasteiger partial charge in [-0.25, -0.2) is 0 Å². The van der Waals surface area contributed by atoms with Gasteiger partial charge in [-0.15, -0.1) is 0 Å². The number of nitrogens with zero attached hydrogens (tertiary/aromatic N) is 1. The summed E-state index contributed by atoms with van der Waals surface area (Å²) in [5.41, 5.74) is 2.59. The summed E-state index contributed by atoms with van der Waals surface area (Å²) in [7, 11) is 1.45. The second-order valence-electron chi connectivity index (χ2n) is 6.59. The van der Waals surface area contributed by atoms with Crippen LogP contribution < -0.4 is 5.32 Å². The van der Waals surface area contributed by atoms with Crippen molar-refractivity contribution in [2.24, 2.45) is 5.92 Å². The van der Waals surface area contributed by atoms with Crippen LogP contribution in [0.1, 0.15) is 28.8 Å². The molecule has 0 unspecified atom stereocenters. The standard InChI is InChI=1S/C21H24N2O3/c1-26-21(25)18-11-13-23(14-12-18)15-16-7-9-17(10-8-16)20(24)22-19-5-3-2-4-6-19/h2-10,18H,11-15H2,1H3,(H,22,24). The van der Waals surface area contributed by atoms with Crippen molar-refractivity contribution in [3.8, 4) is 0 Å². The number of carbonyl (C=O) groups is 2. The fourth-order valence-corrected chi connectivity index (χ4v) is 3.24. The zero-order valence-corrected chi connectivity index (χ0v) is 15.0. The molecule has 0 saturated carbocycles. The van der Waals surface area contributed by atoms with Crippen LogP contribution in [0.3, 0.4) is 0 Å². The zero-order chi connectivity index (χ0) is 18.4. The van der Waals surface area contributed by atoms with Gasteiger partial charge in [-0.1, -0.05) is 30.3 Å². The second-order valence-corrected chi connectivity index (χ2v) is 6.59. The third kappa shape index (κ3) is 4.70. The number of hydrogen-bond donors (Lipinski definition) is 1. The molecule has 0 aliphatic carbocycles. The van der Waals surface area contributed by atoms with Crippen LogP contribution in [0.4, 0.5) is 5.69 Å². The summed E-state index contributed by atoms with van der Waals surface area (Å²) in [6.45, 7) is 2.60. The van der Waals surface area contributed by atoms with E-state index in [4.69, 9.17) is 4.74 Å². The lowest BCUT2D eigenvalue weighted by atomic mass is 9.96. The summed E-state index contributed by atoms with van der Waals surface area (Å²) in [4.78, 5) is 26.2. The predicted octanol–water partition coefficient (Wildman–Crippen LogP) is 3.32. The van der Waals surface area contributed by atoms with Crippen molar-refractivity contribution in [3.63, 3.8) is 0 Å². The average molecular weight is 352 g/mol. The first-order valence-corrected chi connectivity index (χ1v) is 8.91. The van der Waals surface area contributed by atoms with Gasteiger partial charge >= 0.3 is 5.97 Å². The van der Waals surface area contributed by atoms with Crippen molar-refractivity contribution >= 4 is 17.6 Å². The molecule has 1 amide bonds. The van der Waals surface area contributed by atoms with Gasteiger partial charge in [0.25, 0.3) is 5.91 Å². The van der Waals surface area contributed by atoms with Crippen LogP contribution >= 0.6 is 0 Å². The van der Waals surface area contributed by atoms with Gasteiger partial charge in [0.1, 0.15) is 0 Å². The molecule has 0 bridgehead atoms. The van der Waals surface area contributed by atoms with E-state index in [-0.39, 0.29) is 17.8 Å². The Labute approximate surface area is 154 Å². The van der Waals surface area contributed by atoms with Gasteiger partial charge in [0, 0.05) is 17.8 Å². The maximum absolute atomic E-state index is 12.3. The van der Waals surface area contributed by atoms with Crippen LogP contribution in [0.25, 0.3) is 0 Å². The molecular formula is C21H24N2O3. The van der Waals surface area contributed by atoms with Crippen molar-refractivity contribution in [2.45, 2.75) is 19.4 Å². The maximum Gasteiger partial charge on any atom is 0.308 e. The number of piperidine rings is 1. The molecule has 0 aromatic heterocycles. The number of esters is 1. The van der Waals surface area contributed by atoms with Gasteiger partial charge in [0.15, 0.2) is 0 Å². The van der Waals surface area contributed by atoms with Crippen LogP contribution in [0.2, 0.25) is 0 Å². The molecule has 1 aliphatic heterocycles. The number of benzene rings is 2. The molecule has 2 aromatic carbocycles.